The monoisotopic (exact) mass is 536 g/mol. The highest BCUT2D eigenvalue weighted by molar-refractivity contribution is 9.10. The predicted octanol–water partition coefficient (Wildman–Crippen LogP) is 5.77. The number of carbonyl (C=O) groups excluding carboxylic acids is 2. The Balaban J connectivity index is 1.78. The Bertz CT molecular complexity index is 1060. The lowest BCUT2D eigenvalue weighted by atomic mass is 10.0. The van der Waals surface area contributed by atoms with Crippen LogP contribution in [0.2, 0.25) is 0 Å². The second-order valence-corrected chi connectivity index (χ2v) is 9.70. The topological polar surface area (TPSA) is 58.6 Å². The standard InChI is InChI=1S/C29H33BrN2O3/c1-22(2)31-29(34)27(20-23-10-5-3-6-11-23)32(21-24-15-17-25(30)18-16-24)28(33)14-9-19-35-26-12-7-4-8-13-26/h3-8,10-13,15-18,22,27H,9,14,19-21H2,1-2H3,(H,31,34)/t27-/m1/s1. The molecule has 0 aliphatic rings. The molecule has 0 aliphatic heterocycles. The normalized spacial score (nSPS) is 11.7. The molecule has 1 N–H and O–H groups in total. The van der Waals surface area contributed by atoms with Crippen molar-refractivity contribution in [1.82, 2.24) is 10.2 Å². The first kappa shape index (κ1) is 26.5. The quantitative estimate of drug-likeness (QED) is 0.299. The summed E-state index contributed by atoms with van der Waals surface area (Å²) in [6.07, 6.45) is 1.31. The number of ether oxygens (including phenoxy) is 1. The SMILES string of the molecule is CC(C)NC(=O)[C@@H](Cc1ccccc1)N(Cc1ccc(Br)cc1)C(=O)CCCOc1ccccc1. The molecule has 0 fully saturated rings. The van der Waals surface area contributed by atoms with Crippen molar-refractivity contribution >= 4 is 27.7 Å². The van der Waals surface area contributed by atoms with Gasteiger partial charge in [0.1, 0.15) is 11.8 Å². The summed E-state index contributed by atoms with van der Waals surface area (Å²) < 4.78 is 6.74. The molecule has 6 heteroatoms. The molecule has 0 radical (unpaired) electrons. The highest BCUT2D eigenvalue weighted by atomic mass is 79.9. The number of rotatable bonds is 12. The number of hydrogen-bond donors (Lipinski definition) is 1. The number of benzene rings is 3. The number of nitrogens with one attached hydrogen (secondary N) is 1. The first-order chi connectivity index (χ1) is 16.9. The van der Waals surface area contributed by atoms with Crippen molar-refractivity contribution in [3.05, 3.63) is 101 Å². The van der Waals surface area contributed by atoms with Gasteiger partial charge in [-0.15, -0.1) is 0 Å². The van der Waals surface area contributed by atoms with Gasteiger partial charge in [-0.3, -0.25) is 9.59 Å². The molecule has 0 bridgehead atoms. The molecule has 5 nitrogen and oxygen atoms in total. The second kappa shape index (κ2) is 13.7. The van der Waals surface area contributed by atoms with Crippen LogP contribution in [0, 0.1) is 0 Å². The Morgan fingerprint density at radius 3 is 2.14 bits per heavy atom. The van der Waals surface area contributed by atoms with E-state index in [1.54, 1.807) is 4.90 Å². The Labute approximate surface area is 216 Å². The Kier molecular flexibility index (Phi) is 10.4. The minimum absolute atomic E-state index is 0.0234. The van der Waals surface area contributed by atoms with Crippen LogP contribution in [-0.2, 0) is 22.6 Å². The van der Waals surface area contributed by atoms with Crippen molar-refractivity contribution in [2.24, 2.45) is 0 Å². The molecule has 0 aromatic heterocycles. The summed E-state index contributed by atoms with van der Waals surface area (Å²) in [5, 5.41) is 3.02. The summed E-state index contributed by atoms with van der Waals surface area (Å²) in [7, 11) is 0. The van der Waals surface area contributed by atoms with Gasteiger partial charge in [0.15, 0.2) is 0 Å². The van der Waals surface area contributed by atoms with Crippen molar-refractivity contribution in [2.75, 3.05) is 6.61 Å². The van der Waals surface area contributed by atoms with Crippen LogP contribution in [0.4, 0.5) is 0 Å². The lowest BCUT2D eigenvalue weighted by molar-refractivity contribution is -0.141. The van der Waals surface area contributed by atoms with Crippen molar-refractivity contribution in [1.29, 1.82) is 0 Å². The van der Waals surface area contributed by atoms with Crippen LogP contribution in [0.3, 0.4) is 0 Å². The molecule has 3 rings (SSSR count). The van der Waals surface area contributed by atoms with Crippen molar-refractivity contribution in [3.63, 3.8) is 0 Å². The molecule has 0 saturated heterocycles. The van der Waals surface area contributed by atoms with Crippen molar-refractivity contribution in [3.8, 4) is 5.75 Å². The van der Waals surface area contributed by atoms with Crippen LogP contribution >= 0.6 is 15.9 Å². The first-order valence-electron chi connectivity index (χ1n) is 12.0. The molecule has 0 heterocycles. The molecule has 0 spiro atoms. The maximum Gasteiger partial charge on any atom is 0.243 e. The number of carbonyl (C=O) groups is 2. The van der Waals surface area contributed by atoms with Crippen LogP contribution in [0.5, 0.6) is 5.75 Å². The van der Waals surface area contributed by atoms with E-state index in [-0.39, 0.29) is 17.9 Å². The highest BCUT2D eigenvalue weighted by Crippen LogP contribution is 2.19. The van der Waals surface area contributed by atoms with Crippen LogP contribution in [-0.4, -0.2) is 35.4 Å². The average Bonchev–Trinajstić information content (AvgIpc) is 2.86. The maximum absolute atomic E-state index is 13.5. The molecule has 3 aromatic carbocycles. The first-order valence-corrected chi connectivity index (χ1v) is 12.8. The Hall–Kier alpha value is -3.12. The van der Waals surface area contributed by atoms with Gasteiger partial charge in [-0.1, -0.05) is 76.6 Å². The summed E-state index contributed by atoms with van der Waals surface area (Å²) in [6, 6.07) is 26.6. The van der Waals surface area contributed by atoms with Crippen molar-refractivity contribution in [2.45, 2.75) is 51.7 Å². The third-order valence-electron chi connectivity index (χ3n) is 5.52. The van der Waals surface area contributed by atoms with E-state index in [0.717, 1.165) is 21.3 Å². The van der Waals surface area contributed by atoms with Gasteiger partial charge in [-0.25, -0.2) is 0 Å². The zero-order chi connectivity index (χ0) is 25.0. The summed E-state index contributed by atoms with van der Waals surface area (Å²) in [5.74, 6) is 0.573. The maximum atomic E-state index is 13.5. The van der Waals surface area contributed by atoms with Gasteiger partial charge < -0.3 is 15.0 Å². The van der Waals surface area contributed by atoms with E-state index in [1.807, 2.05) is 98.8 Å². The molecular weight excluding hydrogens is 504 g/mol. The largest absolute Gasteiger partial charge is 0.494 e. The Morgan fingerprint density at radius 2 is 1.51 bits per heavy atom. The van der Waals surface area contributed by atoms with E-state index < -0.39 is 6.04 Å². The van der Waals surface area contributed by atoms with Gasteiger partial charge in [0, 0.05) is 29.9 Å². The highest BCUT2D eigenvalue weighted by Gasteiger charge is 2.30. The average molecular weight is 537 g/mol. The lowest BCUT2D eigenvalue weighted by Gasteiger charge is -2.32. The fraction of sp³-hybridized carbons (Fsp3) is 0.310. The number of nitrogens with zero attached hydrogens (tertiary/aromatic N) is 1. The van der Waals surface area contributed by atoms with Crippen LogP contribution in [0.1, 0.15) is 37.8 Å². The molecule has 2 amide bonds. The summed E-state index contributed by atoms with van der Waals surface area (Å²) in [6.45, 7) is 4.65. The van der Waals surface area contributed by atoms with Crippen molar-refractivity contribution < 1.29 is 14.3 Å². The van der Waals surface area contributed by atoms with Crippen LogP contribution in [0.15, 0.2) is 89.4 Å². The molecule has 184 valence electrons. The van der Waals surface area contributed by atoms with Gasteiger partial charge in [-0.2, -0.15) is 0 Å². The van der Waals surface area contributed by atoms with Gasteiger partial charge in [0.2, 0.25) is 11.8 Å². The van der Waals surface area contributed by atoms with E-state index in [2.05, 4.69) is 21.2 Å². The minimum Gasteiger partial charge on any atom is -0.494 e. The molecule has 1 atom stereocenters. The minimum atomic E-state index is -0.619. The number of hydrogen-bond acceptors (Lipinski definition) is 3. The summed E-state index contributed by atoms with van der Waals surface area (Å²) in [5.41, 5.74) is 1.98. The lowest BCUT2D eigenvalue weighted by Crippen LogP contribution is -2.51. The van der Waals surface area contributed by atoms with Gasteiger partial charge >= 0.3 is 0 Å². The second-order valence-electron chi connectivity index (χ2n) is 8.78. The van der Waals surface area contributed by atoms with Crippen LogP contribution in [0.25, 0.3) is 0 Å². The number of amides is 2. The van der Waals surface area contributed by atoms with Gasteiger partial charge in [0.25, 0.3) is 0 Å². The predicted molar refractivity (Wildman–Crippen MR) is 143 cm³/mol. The van der Waals surface area contributed by atoms with E-state index in [1.165, 1.54) is 0 Å². The van der Waals surface area contributed by atoms with Gasteiger partial charge in [0.05, 0.1) is 6.61 Å². The molecular formula is C29H33BrN2O3. The summed E-state index contributed by atoms with van der Waals surface area (Å²) >= 11 is 3.47. The van der Waals surface area contributed by atoms with E-state index >= 15 is 0 Å². The molecule has 0 aliphatic carbocycles. The van der Waals surface area contributed by atoms with E-state index in [4.69, 9.17) is 4.74 Å². The fourth-order valence-electron chi connectivity index (χ4n) is 3.79. The molecule has 3 aromatic rings. The number of halogens is 1. The molecule has 0 unspecified atom stereocenters. The van der Waals surface area contributed by atoms with E-state index in [0.29, 0.717) is 32.4 Å². The summed E-state index contributed by atoms with van der Waals surface area (Å²) in [4.78, 5) is 28.6. The fourth-order valence-corrected chi connectivity index (χ4v) is 4.06. The van der Waals surface area contributed by atoms with E-state index in [9.17, 15) is 9.59 Å². The molecule has 35 heavy (non-hydrogen) atoms. The number of para-hydroxylation sites is 1. The van der Waals surface area contributed by atoms with Crippen LogP contribution < -0.4 is 10.1 Å². The zero-order valence-electron chi connectivity index (χ0n) is 20.3. The smallest absolute Gasteiger partial charge is 0.243 e. The molecule has 0 saturated carbocycles. The third-order valence-corrected chi connectivity index (χ3v) is 6.04. The zero-order valence-corrected chi connectivity index (χ0v) is 21.9. The third kappa shape index (κ3) is 8.87. The van der Waals surface area contributed by atoms with Gasteiger partial charge in [-0.05, 0) is 55.7 Å². The Morgan fingerprint density at radius 1 is 0.886 bits per heavy atom.